The lowest BCUT2D eigenvalue weighted by Crippen LogP contribution is -2.94. The van der Waals surface area contributed by atoms with Crippen molar-refractivity contribution in [1.82, 2.24) is 5.06 Å². The maximum atomic E-state index is 12.9. The van der Waals surface area contributed by atoms with Crippen LogP contribution in [-0.2, 0) is 19.2 Å². The van der Waals surface area contributed by atoms with Crippen molar-refractivity contribution in [3.63, 3.8) is 0 Å². The van der Waals surface area contributed by atoms with Gasteiger partial charge in [0.2, 0.25) is 0 Å². The average Bonchev–Trinajstić information content (AvgIpc) is 2.89. The highest BCUT2D eigenvalue weighted by molar-refractivity contribution is 6.21. The van der Waals surface area contributed by atoms with Crippen molar-refractivity contribution in [2.75, 3.05) is 7.11 Å². The summed E-state index contributed by atoms with van der Waals surface area (Å²) in [6.07, 6.45) is 1.22. The number of hydrogen-bond donors (Lipinski definition) is 0. The van der Waals surface area contributed by atoms with Crippen molar-refractivity contribution < 1.29 is 28.8 Å². The van der Waals surface area contributed by atoms with E-state index in [1.807, 2.05) is 0 Å². The molecular weight excluding hydrogens is 338 g/mol. The Hall–Kier alpha value is -2.70. The predicted molar refractivity (Wildman–Crippen MR) is 83.1 cm³/mol. The molecule has 0 saturated heterocycles. The molecule has 2 amide bonds. The predicted octanol–water partition coefficient (Wildman–Crippen LogP) is 1.19. The van der Waals surface area contributed by atoms with Crippen molar-refractivity contribution in [2.45, 2.75) is 12.8 Å². The fourth-order valence-corrected chi connectivity index (χ4v) is 6.76. The Balaban J connectivity index is 1.27. The van der Waals surface area contributed by atoms with E-state index < -0.39 is 28.6 Å². The molecule has 0 aromatic heterocycles. The highest BCUT2D eigenvalue weighted by atomic mass is 16.7. The monoisotopic (exact) mass is 353 g/mol. The first-order valence-electron chi connectivity index (χ1n) is 8.77. The van der Waals surface area contributed by atoms with E-state index in [1.165, 1.54) is 19.2 Å². The van der Waals surface area contributed by atoms with Crippen LogP contribution in [0.4, 0.5) is 0 Å². The van der Waals surface area contributed by atoms with E-state index in [9.17, 15) is 19.2 Å². The van der Waals surface area contributed by atoms with Crippen LogP contribution in [0.25, 0.3) is 0 Å². The molecule has 6 rings (SSSR count). The number of rotatable bonds is 3. The normalized spacial score (nSPS) is 42.4. The summed E-state index contributed by atoms with van der Waals surface area (Å²) < 4.78 is 4.97. The van der Waals surface area contributed by atoms with Gasteiger partial charge >= 0.3 is 11.9 Å². The molecule has 1 aromatic carbocycles. The maximum absolute atomic E-state index is 12.9. The quantitative estimate of drug-likeness (QED) is 0.599. The molecule has 1 aromatic rings. The van der Waals surface area contributed by atoms with Crippen LogP contribution in [0.5, 0.6) is 0 Å². The second-order valence-electron chi connectivity index (χ2n) is 8.08. The highest BCUT2D eigenvalue weighted by Crippen LogP contribution is 2.95. The van der Waals surface area contributed by atoms with Crippen LogP contribution in [0.3, 0.4) is 0 Å². The molecule has 4 aliphatic carbocycles. The molecule has 0 N–H and O–H groups in total. The Morgan fingerprint density at radius 1 is 1.04 bits per heavy atom. The SMILES string of the molecule is COC(=O)C12CC3(C(=O)ON4C(=O)c5ccccc5C4=O)C4CC1C4C23. The first-order chi connectivity index (χ1) is 12.5. The van der Waals surface area contributed by atoms with Crippen LogP contribution in [0.1, 0.15) is 33.6 Å². The number of methoxy groups -OCH3 is 1. The number of carbonyl (C=O) groups is 4. The van der Waals surface area contributed by atoms with Crippen LogP contribution in [0, 0.1) is 34.5 Å². The molecule has 1 aliphatic heterocycles. The van der Waals surface area contributed by atoms with Gasteiger partial charge in [0.15, 0.2) is 0 Å². The van der Waals surface area contributed by atoms with Gasteiger partial charge in [-0.1, -0.05) is 17.2 Å². The number of hydrogen-bond acceptors (Lipinski definition) is 6. The third-order valence-corrected chi connectivity index (χ3v) is 7.72. The summed E-state index contributed by atoms with van der Waals surface area (Å²) >= 11 is 0. The fourth-order valence-electron chi connectivity index (χ4n) is 6.76. The van der Waals surface area contributed by atoms with Crippen LogP contribution in [0.2, 0.25) is 0 Å². The summed E-state index contributed by atoms with van der Waals surface area (Å²) in [5.74, 6) is -1.20. The Labute approximate surface area is 148 Å². The number of benzene rings is 1. The minimum atomic E-state index is -0.733. The molecule has 6 unspecified atom stereocenters. The average molecular weight is 353 g/mol. The molecule has 0 radical (unpaired) electrons. The number of hydroxylamine groups is 2. The maximum Gasteiger partial charge on any atom is 0.339 e. The van der Waals surface area contributed by atoms with E-state index in [-0.39, 0.29) is 28.9 Å². The molecule has 6 atom stereocenters. The zero-order valence-electron chi connectivity index (χ0n) is 13.9. The molecular formula is C19H15NO6. The summed E-state index contributed by atoms with van der Waals surface area (Å²) in [5, 5.41) is 0.571. The molecule has 4 fully saturated rings. The van der Waals surface area contributed by atoms with Crippen molar-refractivity contribution in [2.24, 2.45) is 34.5 Å². The Morgan fingerprint density at radius 2 is 1.62 bits per heavy atom. The number of carbonyl (C=O) groups excluding carboxylic acids is 4. The van der Waals surface area contributed by atoms with Gasteiger partial charge in [-0.15, -0.1) is 0 Å². The van der Waals surface area contributed by atoms with Crippen molar-refractivity contribution in [3.05, 3.63) is 35.4 Å². The van der Waals surface area contributed by atoms with Crippen molar-refractivity contribution >= 4 is 23.8 Å². The zero-order chi connectivity index (χ0) is 18.0. The topological polar surface area (TPSA) is 90.0 Å². The summed E-state index contributed by atoms with van der Waals surface area (Å²) in [4.78, 5) is 55.3. The first-order valence-corrected chi connectivity index (χ1v) is 8.77. The standard InChI is InChI=1S/C19H15NO6/c1-25-16(23)18-7-19(11-6-10(18)12(11)13(18)19)17(24)26-20-14(21)8-4-2-3-5-9(8)15(20)22/h2-5,10-13H,6-7H2,1H3. The lowest BCUT2D eigenvalue weighted by atomic mass is 9.09. The van der Waals surface area contributed by atoms with Gasteiger partial charge < -0.3 is 9.57 Å². The third kappa shape index (κ3) is 1.13. The Morgan fingerprint density at radius 3 is 2.12 bits per heavy atom. The smallest absolute Gasteiger partial charge is 0.339 e. The van der Waals surface area contributed by atoms with Crippen LogP contribution < -0.4 is 0 Å². The number of fused-ring (bicyclic) bond motifs is 3. The van der Waals surface area contributed by atoms with Gasteiger partial charge in [-0.3, -0.25) is 14.4 Å². The van der Waals surface area contributed by atoms with Gasteiger partial charge in [0.25, 0.3) is 11.8 Å². The van der Waals surface area contributed by atoms with Crippen molar-refractivity contribution in [3.8, 4) is 0 Å². The van der Waals surface area contributed by atoms with Gasteiger partial charge in [0.1, 0.15) is 0 Å². The molecule has 132 valence electrons. The fraction of sp³-hybridized carbons (Fsp3) is 0.474. The van der Waals surface area contributed by atoms with Gasteiger partial charge in [-0.2, -0.15) is 0 Å². The van der Waals surface area contributed by atoms with E-state index in [4.69, 9.17) is 9.57 Å². The van der Waals surface area contributed by atoms with E-state index in [0.717, 1.165) is 6.42 Å². The van der Waals surface area contributed by atoms with Gasteiger partial charge in [0, 0.05) is 0 Å². The minimum absolute atomic E-state index is 0.0612. The Kier molecular flexibility index (Phi) is 2.23. The molecule has 0 spiro atoms. The lowest BCUT2D eigenvalue weighted by molar-refractivity contribution is -0.453. The summed E-state index contributed by atoms with van der Waals surface area (Å²) in [6, 6.07) is 6.39. The van der Waals surface area contributed by atoms with E-state index >= 15 is 0 Å². The van der Waals surface area contributed by atoms with Gasteiger partial charge in [0.05, 0.1) is 29.1 Å². The van der Waals surface area contributed by atoms with E-state index in [2.05, 4.69) is 0 Å². The second-order valence-corrected chi connectivity index (χ2v) is 8.08. The van der Waals surface area contributed by atoms with E-state index in [0.29, 0.717) is 23.3 Å². The summed E-state index contributed by atoms with van der Waals surface area (Å²) in [7, 11) is 1.37. The molecule has 7 heteroatoms. The largest absolute Gasteiger partial charge is 0.469 e. The van der Waals surface area contributed by atoms with Crippen LogP contribution in [-0.4, -0.2) is 35.9 Å². The molecule has 26 heavy (non-hydrogen) atoms. The van der Waals surface area contributed by atoms with Gasteiger partial charge in [-0.05, 0) is 48.6 Å². The number of imide groups is 1. The Bertz CT molecular complexity index is 920. The van der Waals surface area contributed by atoms with E-state index in [1.54, 1.807) is 12.1 Å². The third-order valence-electron chi connectivity index (χ3n) is 7.72. The second kappa shape index (κ2) is 4.00. The summed E-state index contributed by atoms with van der Waals surface area (Å²) in [6.45, 7) is 0. The zero-order valence-corrected chi connectivity index (χ0v) is 13.9. The number of amides is 2. The first kappa shape index (κ1) is 14.5. The number of ether oxygens (including phenoxy) is 1. The molecule has 0 bridgehead atoms. The van der Waals surface area contributed by atoms with Gasteiger partial charge in [-0.25, -0.2) is 4.79 Å². The van der Waals surface area contributed by atoms with Crippen LogP contribution >= 0.6 is 0 Å². The molecule has 1 heterocycles. The molecule has 5 aliphatic rings. The van der Waals surface area contributed by atoms with Crippen molar-refractivity contribution in [1.29, 1.82) is 0 Å². The summed E-state index contributed by atoms with van der Waals surface area (Å²) in [5.41, 5.74) is -0.809. The van der Waals surface area contributed by atoms with Crippen LogP contribution in [0.15, 0.2) is 24.3 Å². The highest BCUT2D eigenvalue weighted by Gasteiger charge is 2.98. The lowest BCUT2D eigenvalue weighted by Gasteiger charge is -2.92. The molecule has 7 nitrogen and oxygen atoms in total. The molecule has 4 saturated carbocycles. The minimum Gasteiger partial charge on any atom is -0.469 e. The number of esters is 1. The number of nitrogens with zero attached hydrogens (tertiary/aromatic N) is 1.